The van der Waals surface area contributed by atoms with E-state index in [0.717, 1.165) is 0 Å². The van der Waals surface area contributed by atoms with E-state index < -0.39 is 5.91 Å². The first-order chi connectivity index (χ1) is 5.25. The highest BCUT2D eigenvalue weighted by Gasteiger charge is 2.04. The summed E-state index contributed by atoms with van der Waals surface area (Å²) in [5.41, 5.74) is 5.97. The number of para-hydroxylation sites is 1. The van der Waals surface area contributed by atoms with Crippen molar-refractivity contribution in [3.63, 3.8) is 0 Å². The van der Waals surface area contributed by atoms with E-state index in [4.69, 9.17) is 17.5 Å². The number of nitrogens with two attached hydrogens (primary N) is 1. The van der Waals surface area contributed by atoms with Gasteiger partial charge in [-0.2, -0.15) is 0 Å². The van der Waals surface area contributed by atoms with Gasteiger partial charge in [-0.3, -0.25) is 9.63 Å². The molecule has 3 nitrogen and oxygen atoms in total. The van der Waals surface area contributed by atoms with Gasteiger partial charge in [0.2, 0.25) is 0 Å². The number of rotatable bonds is 2. The maximum atomic E-state index is 10.7. The van der Waals surface area contributed by atoms with Crippen LogP contribution in [0, 0.1) is 0 Å². The van der Waals surface area contributed by atoms with E-state index in [1.807, 2.05) is 0 Å². The molecule has 0 aromatic heterocycles. The van der Waals surface area contributed by atoms with Crippen molar-refractivity contribution < 1.29 is 4.79 Å². The molecule has 0 fully saturated rings. The van der Waals surface area contributed by atoms with Crippen LogP contribution in [-0.4, -0.2) is 5.91 Å². The number of halogens is 1. The minimum absolute atomic E-state index is 0.391. The fourth-order valence-corrected chi connectivity index (χ4v) is 0.945. The summed E-state index contributed by atoms with van der Waals surface area (Å²) in [6, 6.07) is 6.76. The average Bonchev–Trinajstić information content (AvgIpc) is 2.04. The van der Waals surface area contributed by atoms with Crippen molar-refractivity contribution in [2.24, 2.45) is 5.73 Å². The van der Waals surface area contributed by atoms with Gasteiger partial charge in [0.1, 0.15) is 0 Å². The Kier molecular flexibility index (Phi) is 2.33. The molecule has 0 heterocycles. The van der Waals surface area contributed by atoms with Crippen molar-refractivity contribution in [2.75, 3.05) is 4.84 Å². The average molecular weight is 171 g/mol. The second kappa shape index (κ2) is 3.25. The van der Waals surface area contributed by atoms with E-state index >= 15 is 0 Å². The van der Waals surface area contributed by atoms with Gasteiger partial charge in [-0.05, 0) is 12.1 Å². The molecule has 0 saturated carbocycles. The third-order valence-corrected chi connectivity index (χ3v) is 1.50. The molecular formula is C7H7ClN2O. The monoisotopic (exact) mass is 170 g/mol. The number of benzene rings is 1. The van der Waals surface area contributed by atoms with Gasteiger partial charge in [0.05, 0.1) is 11.3 Å². The maximum absolute atomic E-state index is 10.7. The van der Waals surface area contributed by atoms with Crippen LogP contribution in [0.5, 0.6) is 0 Å². The molecule has 0 aliphatic rings. The molecular weight excluding hydrogens is 164 g/mol. The van der Waals surface area contributed by atoms with Gasteiger partial charge >= 0.3 is 0 Å². The van der Waals surface area contributed by atoms with Crippen LogP contribution in [0.1, 0.15) is 10.4 Å². The number of anilines is 1. The van der Waals surface area contributed by atoms with Crippen LogP contribution in [0.4, 0.5) is 5.69 Å². The summed E-state index contributed by atoms with van der Waals surface area (Å²) >= 11 is 5.32. The molecule has 1 aromatic rings. The van der Waals surface area contributed by atoms with Gasteiger partial charge in [0.25, 0.3) is 5.91 Å². The van der Waals surface area contributed by atoms with Gasteiger partial charge in [-0.15, -0.1) is 0 Å². The number of carbonyl (C=O) groups excluding carboxylic acids is 1. The van der Waals surface area contributed by atoms with Crippen LogP contribution in [-0.2, 0) is 0 Å². The molecule has 11 heavy (non-hydrogen) atoms. The van der Waals surface area contributed by atoms with Gasteiger partial charge in [0, 0.05) is 11.8 Å². The molecule has 0 atom stereocenters. The summed E-state index contributed by atoms with van der Waals surface area (Å²) in [5, 5.41) is 0. The zero-order valence-electron chi connectivity index (χ0n) is 5.67. The SMILES string of the molecule is NC(=O)c1ccccc1NCl. The second-order valence-corrected chi connectivity index (χ2v) is 2.19. The zero-order chi connectivity index (χ0) is 8.27. The Morgan fingerprint density at radius 1 is 1.45 bits per heavy atom. The quantitative estimate of drug-likeness (QED) is 0.659. The minimum atomic E-state index is -0.492. The first kappa shape index (κ1) is 7.88. The molecule has 0 unspecified atom stereocenters. The zero-order valence-corrected chi connectivity index (χ0v) is 6.43. The Bertz CT molecular complexity index is 275. The Morgan fingerprint density at radius 2 is 2.09 bits per heavy atom. The van der Waals surface area contributed by atoms with E-state index in [0.29, 0.717) is 11.3 Å². The van der Waals surface area contributed by atoms with E-state index in [9.17, 15) is 4.79 Å². The van der Waals surface area contributed by atoms with Crippen molar-refractivity contribution >= 4 is 23.4 Å². The third kappa shape index (κ3) is 1.62. The molecule has 3 N–H and O–H groups in total. The first-order valence-electron chi connectivity index (χ1n) is 3.01. The summed E-state index contributed by atoms with van der Waals surface area (Å²) < 4.78 is 0. The molecule has 0 radical (unpaired) electrons. The lowest BCUT2D eigenvalue weighted by Crippen LogP contribution is -2.12. The van der Waals surface area contributed by atoms with Gasteiger partial charge in [0.15, 0.2) is 0 Å². The smallest absolute Gasteiger partial charge is 0.250 e. The molecule has 0 spiro atoms. The Morgan fingerprint density at radius 3 is 2.55 bits per heavy atom. The molecule has 0 saturated heterocycles. The molecule has 1 amide bonds. The van der Waals surface area contributed by atoms with Crippen molar-refractivity contribution in [3.05, 3.63) is 29.8 Å². The highest BCUT2D eigenvalue weighted by molar-refractivity contribution is 6.25. The lowest BCUT2D eigenvalue weighted by Gasteiger charge is -2.01. The van der Waals surface area contributed by atoms with Crippen molar-refractivity contribution in [3.8, 4) is 0 Å². The lowest BCUT2D eigenvalue weighted by atomic mass is 10.2. The number of hydrogen-bond acceptors (Lipinski definition) is 2. The Labute approximate surface area is 69.3 Å². The van der Waals surface area contributed by atoms with Crippen LogP contribution in [0.2, 0.25) is 0 Å². The molecule has 1 rings (SSSR count). The summed E-state index contributed by atoms with van der Waals surface area (Å²) in [4.78, 5) is 13.1. The molecule has 0 bridgehead atoms. The maximum Gasteiger partial charge on any atom is 0.250 e. The molecule has 0 aliphatic heterocycles. The van der Waals surface area contributed by atoms with Crippen LogP contribution >= 0.6 is 11.8 Å². The van der Waals surface area contributed by atoms with Crippen molar-refractivity contribution in [2.45, 2.75) is 0 Å². The van der Waals surface area contributed by atoms with E-state index in [1.54, 1.807) is 24.3 Å². The standard InChI is InChI=1S/C7H7ClN2O/c8-10-6-4-2-1-3-5(6)7(9)11/h1-4,10H,(H2,9,11). The largest absolute Gasteiger partial charge is 0.366 e. The highest BCUT2D eigenvalue weighted by Crippen LogP contribution is 2.14. The predicted octanol–water partition coefficient (Wildman–Crippen LogP) is 1.35. The van der Waals surface area contributed by atoms with Gasteiger partial charge < -0.3 is 5.73 Å². The molecule has 58 valence electrons. The van der Waals surface area contributed by atoms with Gasteiger partial charge in [-0.25, -0.2) is 0 Å². The van der Waals surface area contributed by atoms with E-state index in [1.165, 1.54) is 0 Å². The number of nitrogens with one attached hydrogen (secondary N) is 1. The minimum Gasteiger partial charge on any atom is -0.366 e. The lowest BCUT2D eigenvalue weighted by molar-refractivity contribution is 0.100. The normalized spacial score (nSPS) is 9.18. The highest BCUT2D eigenvalue weighted by atomic mass is 35.5. The topological polar surface area (TPSA) is 55.1 Å². The molecule has 4 heteroatoms. The molecule has 1 aromatic carbocycles. The van der Waals surface area contributed by atoms with Gasteiger partial charge in [-0.1, -0.05) is 12.1 Å². The summed E-state index contributed by atoms with van der Waals surface area (Å²) in [7, 11) is 0. The summed E-state index contributed by atoms with van der Waals surface area (Å²) in [6.45, 7) is 0. The fraction of sp³-hybridized carbons (Fsp3) is 0. The Hall–Kier alpha value is -1.22. The second-order valence-electron chi connectivity index (χ2n) is 2.00. The van der Waals surface area contributed by atoms with E-state index in [-0.39, 0.29) is 0 Å². The number of hydrogen-bond donors (Lipinski definition) is 2. The fourth-order valence-electron chi connectivity index (χ4n) is 0.780. The number of amides is 1. The van der Waals surface area contributed by atoms with Crippen LogP contribution in [0.25, 0.3) is 0 Å². The molecule has 0 aliphatic carbocycles. The predicted molar refractivity (Wildman–Crippen MR) is 44.4 cm³/mol. The first-order valence-corrected chi connectivity index (χ1v) is 3.39. The summed E-state index contributed by atoms with van der Waals surface area (Å²) in [6.07, 6.45) is 0. The number of carbonyl (C=O) groups is 1. The van der Waals surface area contributed by atoms with Crippen molar-refractivity contribution in [1.29, 1.82) is 0 Å². The number of primary amides is 1. The van der Waals surface area contributed by atoms with Crippen LogP contribution in [0.3, 0.4) is 0 Å². The van der Waals surface area contributed by atoms with Crippen molar-refractivity contribution in [1.82, 2.24) is 0 Å². The third-order valence-electron chi connectivity index (χ3n) is 1.29. The van der Waals surface area contributed by atoms with E-state index in [2.05, 4.69) is 4.84 Å². The summed E-state index contributed by atoms with van der Waals surface area (Å²) in [5.74, 6) is -0.492. The van der Waals surface area contributed by atoms with Crippen LogP contribution < -0.4 is 10.6 Å². The van der Waals surface area contributed by atoms with Crippen LogP contribution in [0.15, 0.2) is 24.3 Å². The Balaban J connectivity index is 3.12.